The molecule has 2 rings (SSSR count). The van der Waals surface area contributed by atoms with Gasteiger partial charge in [0.1, 0.15) is 5.92 Å². The number of methoxy groups -OCH3 is 1. The second-order valence-electron chi connectivity index (χ2n) is 3.96. The molecule has 0 amide bonds. The molecule has 4 nitrogen and oxygen atoms in total. The zero-order chi connectivity index (χ0) is 10.1. The van der Waals surface area contributed by atoms with Gasteiger partial charge in [0.15, 0.2) is 5.78 Å². The van der Waals surface area contributed by atoms with E-state index in [1.807, 2.05) is 0 Å². The Hall–Kier alpha value is -0.900. The number of carbonyl (C=O) groups is 2. The minimum atomic E-state index is -0.501. The van der Waals surface area contributed by atoms with Crippen molar-refractivity contribution in [1.82, 2.24) is 4.90 Å². The van der Waals surface area contributed by atoms with Gasteiger partial charge in [-0.05, 0) is 25.8 Å². The number of carbonyl (C=O) groups excluding carboxylic acids is 2. The van der Waals surface area contributed by atoms with Crippen molar-refractivity contribution in [3.05, 3.63) is 0 Å². The van der Waals surface area contributed by atoms with Gasteiger partial charge in [-0.25, -0.2) is 0 Å². The average molecular weight is 197 g/mol. The van der Waals surface area contributed by atoms with Gasteiger partial charge < -0.3 is 4.74 Å². The van der Waals surface area contributed by atoms with E-state index in [2.05, 4.69) is 9.64 Å². The number of piperidine rings is 1. The normalized spacial score (nSPS) is 32.8. The summed E-state index contributed by atoms with van der Waals surface area (Å²) in [4.78, 5) is 25.4. The molecular formula is C10H15NO3. The fourth-order valence-electron chi connectivity index (χ4n) is 2.46. The standard InChI is InChI=1S/C10H15NO3/c1-14-10(13)7-4-6-11-5-2-3-8(11)9(7)12/h7-8H,2-6H2,1H3. The quantitative estimate of drug-likeness (QED) is 0.445. The molecule has 0 aromatic heterocycles. The topological polar surface area (TPSA) is 46.6 Å². The van der Waals surface area contributed by atoms with E-state index in [0.29, 0.717) is 6.42 Å². The Morgan fingerprint density at radius 2 is 2.21 bits per heavy atom. The van der Waals surface area contributed by atoms with Crippen LogP contribution in [-0.4, -0.2) is 42.9 Å². The maximum Gasteiger partial charge on any atom is 0.316 e. The SMILES string of the molecule is COC(=O)C1CCN2CCCC2C1=O. The molecule has 2 aliphatic rings. The first kappa shape index (κ1) is 9.65. The van der Waals surface area contributed by atoms with E-state index >= 15 is 0 Å². The average Bonchev–Trinajstić information content (AvgIpc) is 2.66. The smallest absolute Gasteiger partial charge is 0.316 e. The number of nitrogens with zero attached hydrogens (tertiary/aromatic N) is 1. The first-order valence-corrected chi connectivity index (χ1v) is 5.09. The van der Waals surface area contributed by atoms with E-state index in [9.17, 15) is 9.59 Å². The number of ether oxygens (including phenoxy) is 1. The van der Waals surface area contributed by atoms with Gasteiger partial charge in [0.05, 0.1) is 13.2 Å². The number of ketones is 1. The molecule has 0 aliphatic carbocycles. The van der Waals surface area contributed by atoms with Gasteiger partial charge >= 0.3 is 5.97 Å². The van der Waals surface area contributed by atoms with Crippen LogP contribution in [0.3, 0.4) is 0 Å². The van der Waals surface area contributed by atoms with Gasteiger partial charge in [0.25, 0.3) is 0 Å². The van der Waals surface area contributed by atoms with Gasteiger partial charge in [-0.3, -0.25) is 14.5 Å². The number of esters is 1. The summed E-state index contributed by atoms with van der Waals surface area (Å²) in [5.74, 6) is -0.790. The van der Waals surface area contributed by atoms with E-state index in [4.69, 9.17) is 0 Å². The number of rotatable bonds is 1. The summed E-state index contributed by atoms with van der Waals surface area (Å²) in [7, 11) is 1.34. The fourth-order valence-corrected chi connectivity index (χ4v) is 2.46. The number of hydrogen-bond acceptors (Lipinski definition) is 4. The van der Waals surface area contributed by atoms with Crippen LogP contribution in [0, 0.1) is 5.92 Å². The molecular weight excluding hydrogens is 182 g/mol. The molecule has 2 aliphatic heterocycles. The highest BCUT2D eigenvalue weighted by atomic mass is 16.5. The third kappa shape index (κ3) is 1.43. The van der Waals surface area contributed by atoms with E-state index in [1.165, 1.54) is 7.11 Å². The predicted octanol–water partition coefficient (Wildman–Crippen LogP) is 0.213. The lowest BCUT2D eigenvalue weighted by atomic mass is 9.90. The summed E-state index contributed by atoms with van der Waals surface area (Å²) >= 11 is 0. The zero-order valence-corrected chi connectivity index (χ0v) is 8.36. The van der Waals surface area contributed by atoms with Crippen molar-refractivity contribution in [2.75, 3.05) is 20.2 Å². The molecule has 2 atom stereocenters. The first-order valence-electron chi connectivity index (χ1n) is 5.09. The van der Waals surface area contributed by atoms with E-state index < -0.39 is 5.92 Å². The van der Waals surface area contributed by atoms with E-state index in [1.54, 1.807) is 0 Å². The van der Waals surface area contributed by atoms with Crippen LogP contribution in [0.2, 0.25) is 0 Å². The van der Waals surface area contributed by atoms with Crippen molar-refractivity contribution in [3.8, 4) is 0 Å². The summed E-state index contributed by atoms with van der Waals surface area (Å²) in [6, 6.07) is -0.00662. The molecule has 2 saturated heterocycles. The lowest BCUT2D eigenvalue weighted by molar-refractivity contribution is -0.153. The minimum absolute atomic E-state index is 0.00662. The first-order chi connectivity index (χ1) is 6.74. The van der Waals surface area contributed by atoms with Crippen molar-refractivity contribution in [2.24, 2.45) is 5.92 Å². The van der Waals surface area contributed by atoms with Gasteiger partial charge in [0, 0.05) is 6.54 Å². The second kappa shape index (κ2) is 3.69. The molecule has 0 saturated carbocycles. The van der Waals surface area contributed by atoms with Crippen molar-refractivity contribution in [1.29, 1.82) is 0 Å². The van der Waals surface area contributed by atoms with Crippen LogP contribution in [0.1, 0.15) is 19.3 Å². The Bertz CT molecular complexity index is 264. The fraction of sp³-hybridized carbons (Fsp3) is 0.800. The minimum Gasteiger partial charge on any atom is -0.468 e. The molecule has 0 bridgehead atoms. The van der Waals surface area contributed by atoms with Crippen molar-refractivity contribution < 1.29 is 14.3 Å². The van der Waals surface area contributed by atoms with Crippen molar-refractivity contribution in [2.45, 2.75) is 25.3 Å². The highest BCUT2D eigenvalue weighted by molar-refractivity contribution is 6.02. The second-order valence-corrected chi connectivity index (χ2v) is 3.96. The predicted molar refractivity (Wildman–Crippen MR) is 49.7 cm³/mol. The van der Waals surface area contributed by atoms with Gasteiger partial charge in [-0.2, -0.15) is 0 Å². The lowest BCUT2D eigenvalue weighted by Gasteiger charge is -2.31. The molecule has 0 radical (unpaired) electrons. The molecule has 78 valence electrons. The van der Waals surface area contributed by atoms with Crippen LogP contribution in [-0.2, 0) is 14.3 Å². The molecule has 2 heterocycles. The van der Waals surface area contributed by atoms with E-state index in [0.717, 1.165) is 25.9 Å². The van der Waals surface area contributed by atoms with Crippen LogP contribution in [0.15, 0.2) is 0 Å². The maximum absolute atomic E-state index is 11.9. The van der Waals surface area contributed by atoms with Crippen LogP contribution in [0.4, 0.5) is 0 Å². The maximum atomic E-state index is 11.9. The van der Waals surface area contributed by atoms with Crippen LogP contribution >= 0.6 is 0 Å². The van der Waals surface area contributed by atoms with Crippen LogP contribution in [0.5, 0.6) is 0 Å². The van der Waals surface area contributed by atoms with E-state index in [-0.39, 0.29) is 17.8 Å². The van der Waals surface area contributed by atoms with Gasteiger partial charge in [-0.15, -0.1) is 0 Å². The van der Waals surface area contributed by atoms with Crippen molar-refractivity contribution in [3.63, 3.8) is 0 Å². The summed E-state index contributed by atoms with van der Waals surface area (Å²) in [5, 5.41) is 0. The Morgan fingerprint density at radius 3 is 2.93 bits per heavy atom. The van der Waals surface area contributed by atoms with Crippen LogP contribution in [0.25, 0.3) is 0 Å². The highest BCUT2D eigenvalue weighted by Gasteiger charge is 2.42. The Labute approximate surface area is 83.2 Å². The zero-order valence-electron chi connectivity index (χ0n) is 8.36. The molecule has 0 N–H and O–H groups in total. The third-order valence-electron chi connectivity index (χ3n) is 3.23. The van der Waals surface area contributed by atoms with Gasteiger partial charge in [0.2, 0.25) is 0 Å². The highest BCUT2D eigenvalue weighted by Crippen LogP contribution is 2.28. The molecule has 2 fully saturated rings. The number of hydrogen-bond donors (Lipinski definition) is 0. The Kier molecular flexibility index (Phi) is 2.54. The number of fused-ring (bicyclic) bond motifs is 1. The van der Waals surface area contributed by atoms with Crippen molar-refractivity contribution >= 4 is 11.8 Å². The monoisotopic (exact) mass is 197 g/mol. The molecule has 0 spiro atoms. The lowest BCUT2D eigenvalue weighted by Crippen LogP contribution is -2.48. The molecule has 0 aromatic rings. The molecule has 4 heteroatoms. The van der Waals surface area contributed by atoms with Crippen LogP contribution < -0.4 is 0 Å². The summed E-state index contributed by atoms with van der Waals surface area (Å²) in [6.45, 7) is 1.86. The van der Waals surface area contributed by atoms with Gasteiger partial charge in [-0.1, -0.05) is 0 Å². The number of Topliss-reactive ketones (excluding diaryl/α,β-unsaturated/α-hetero) is 1. The molecule has 14 heavy (non-hydrogen) atoms. The third-order valence-corrected chi connectivity index (χ3v) is 3.23. The molecule has 2 unspecified atom stereocenters. The largest absolute Gasteiger partial charge is 0.468 e. The molecule has 0 aromatic carbocycles. The summed E-state index contributed by atoms with van der Waals surface area (Å²) in [6.07, 6.45) is 2.61. The summed E-state index contributed by atoms with van der Waals surface area (Å²) < 4.78 is 4.63. The summed E-state index contributed by atoms with van der Waals surface area (Å²) in [5.41, 5.74) is 0. The Morgan fingerprint density at radius 1 is 1.43 bits per heavy atom. The Balaban J connectivity index is 2.09.